The zero-order chi connectivity index (χ0) is 14.2. The Kier molecular flexibility index (Phi) is 3.30. The highest BCUT2D eigenvalue weighted by Crippen LogP contribution is 2.32. The number of nitrogens with zero attached hydrogens (tertiary/aromatic N) is 2. The van der Waals surface area contributed by atoms with Gasteiger partial charge >= 0.3 is 0 Å². The topological polar surface area (TPSA) is 25.8 Å². The summed E-state index contributed by atoms with van der Waals surface area (Å²) in [7, 11) is 0. The van der Waals surface area contributed by atoms with Crippen LogP contribution >= 0.6 is 15.9 Å². The monoisotopic (exact) mass is 326 g/mol. The predicted octanol–water partition coefficient (Wildman–Crippen LogP) is 4.93. The second kappa shape index (κ2) is 4.98. The van der Waals surface area contributed by atoms with Crippen molar-refractivity contribution >= 4 is 26.8 Å². The van der Waals surface area contributed by atoms with Gasteiger partial charge in [0.05, 0.1) is 15.5 Å². The minimum atomic E-state index is -0.249. The molecule has 0 N–H and O–H groups in total. The minimum absolute atomic E-state index is 0.249. The van der Waals surface area contributed by atoms with E-state index in [1.54, 1.807) is 0 Å². The molecule has 100 valence electrons. The van der Waals surface area contributed by atoms with Crippen LogP contribution in [0.5, 0.6) is 0 Å². The molecule has 0 atom stereocenters. The van der Waals surface area contributed by atoms with Crippen LogP contribution in [-0.4, -0.2) is 9.97 Å². The molecular weight excluding hydrogens is 312 g/mol. The molecule has 0 fully saturated rings. The molecule has 2 nitrogen and oxygen atoms in total. The van der Waals surface area contributed by atoms with E-state index in [1.165, 1.54) is 0 Å². The van der Waals surface area contributed by atoms with E-state index in [9.17, 15) is 0 Å². The van der Waals surface area contributed by atoms with Crippen LogP contribution in [0.15, 0.2) is 54.6 Å². The average molecular weight is 327 g/mol. The zero-order valence-corrected chi connectivity index (χ0v) is 13.1. The summed E-state index contributed by atoms with van der Waals surface area (Å²) in [5, 5.41) is 1.08. The normalized spacial score (nSPS) is 11.8. The van der Waals surface area contributed by atoms with Crippen LogP contribution in [0.1, 0.15) is 19.7 Å². The second-order valence-electron chi connectivity index (χ2n) is 5.25. The van der Waals surface area contributed by atoms with Crippen molar-refractivity contribution in [2.75, 3.05) is 0 Å². The van der Waals surface area contributed by atoms with E-state index in [0.29, 0.717) is 0 Å². The number of alkyl halides is 1. The van der Waals surface area contributed by atoms with Gasteiger partial charge in [0.15, 0.2) is 0 Å². The summed E-state index contributed by atoms with van der Waals surface area (Å²) in [6, 6.07) is 18.4. The fourth-order valence-corrected chi connectivity index (χ4v) is 2.34. The van der Waals surface area contributed by atoms with Crippen molar-refractivity contribution in [1.82, 2.24) is 9.97 Å². The molecule has 0 aliphatic heterocycles. The van der Waals surface area contributed by atoms with Crippen LogP contribution in [-0.2, 0) is 4.32 Å². The van der Waals surface area contributed by atoms with Gasteiger partial charge in [0, 0.05) is 10.9 Å². The molecule has 1 heterocycles. The largest absolute Gasteiger partial charge is 0.231 e. The Morgan fingerprint density at radius 1 is 0.850 bits per heavy atom. The van der Waals surface area contributed by atoms with Gasteiger partial charge < -0.3 is 0 Å². The third kappa shape index (κ3) is 2.46. The van der Waals surface area contributed by atoms with Gasteiger partial charge in [-0.3, -0.25) is 0 Å². The van der Waals surface area contributed by atoms with Crippen molar-refractivity contribution in [2.24, 2.45) is 0 Å². The molecule has 0 saturated carbocycles. The molecule has 0 unspecified atom stereocenters. The smallest absolute Gasteiger partial charge is 0.145 e. The van der Waals surface area contributed by atoms with E-state index >= 15 is 0 Å². The first-order valence-corrected chi connectivity index (χ1v) is 7.36. The van der Waals surface area contributed by atoms with Gasteiger partial charge in [0.25, 0.3) is 0 Å². The summed E-state index contributed by atoms with van der Waals surface area (Å²) >= 11 is 3.65. The van der Waals surface area contributed by atoms with E-state index in [0.717, 1.165) is 28.0 Å². The van der Waals surface area contributed by atoms with Crippen molar-refractivity contribution in [3.8, 4) is 11.3 Å². The lowest BCUT2D eigenvalue weighted by atomic mass is 10.1. The Bertz CT molecular complexity index is 746. The highest BCUT2D eigenvalue weighted by Gasteiger charge is 2.21. The summed E-state index contributed by atoms with van der Waals surface area (Å²) in [5.41, 5.74) is 3.08. The molecular formula is C17H15BrN2. The number of fused-ring (bicyclic) bond motifs is 1. The predicted molar refractivity (Wildman–Crippen MR) is 86.9 cm³/mol. The van der Waals surface area contributed by atoms with E-state index in [2.05, 4.69) is 53.0 Å². The number of halogens is 1. The quantitative estimate of drug-likeness (QED) is 0.624. The molecule has 3 heteroatoms. The lowest BCUT2D eigenvalue weighted by Gasteiger charge is -2.17. The van der Waals surface area contributed by atoms with Crippen molar-refractivity contribution in [2.45, 2.75) is 18.2 Å². The number of para-hydroxylation sites is 1. The van der Waals surface area contributed by atoms with Crippen LogP contribution in [0.4, 0.5) is 0 Å². The molecule has 3 aromatic rings. The van der Waals surface area contributed by atoms with Gasteiger partial charge in [0.1, 0.15) is 5.82 Å². The van der Waals surface area contributed by atoms with Crippen molar-refractivity contribution < 1.29 is 0 Å². The minimum Gasteiger partial charge on any atom is -0.231 e. The summed E-state index contributed by atoms with van der Waals surface area (Å²) in [5.74, 6) is 0.801. The third-order valence-electron chi connectivity index (χ3n) is 3.18. The van der Waals surface area contributed by atoms with E-state index in [-0.39, 0.29) is 4.32 Å². The molecule has 0 aliphatic carbocycles. The van der Waals surface area contributed by atoms with Gasteiger partial charge in [-0.2, -0.15) is 0 Å². The number of hydrogen-bond donors (Lipinski definition) is 0. The maximum atomic E-state index is 4.78. The fourth-order valence-electron chi connectivity index (χ4n) is 2.16. The Balaban J connectivity index is 2.34. The van der Waals surface area contributed by atoms with Crippen LogP contribution in [0.2, 0.25) is 0 Å². The van der Waals surface area contributed by atoms with Crippen LogP contribution in [0.3, 0.4) is 0 Å². The van der Waals surface area contributed by atoms with E-state index in [4.69, 9.17) is 4.98 Å². The summed E-state index contributed by atoms with van der Waals surface area (Å²) in [6.45, 7) is 4.12. The number of hydrogen-bond acceptors (Lipinski definition) is 2. The Morgan fingerprint density at radius 3 is 2.20 bits per heavy atom. The third-order valence-corrected chi connectivity index (χ3v) is 3.54. The summed E-state index contributed by atoms with van der Waals surface area (Å²) < 4.78 is -0.249. The Hall–Kier alpha value is -1.74. The standard InChI is InChI=1S/C17H15BrN2/c1-17(2,18)16-19-14-11-7-6-10-13(14)15(20-16)12-8-4-3-5-9-12/h3-11H,1-2H3. The number of benzene rings is 2. The van der Waals surface area contributed by atoms with Gasteiger partial charge in [0.2, 0.25) is 0 Å². The molecule has 0 radical (unpaired) electrons. The molecule has 0 aliphatic rings. The lowest BCUT2D eigenvalue weighted by molar-refractivity contribution is 0.732. The van der Waals surface area contributed by atoms with Gasteiger partial charge in [-0.05, 0) is 19.9 Å². The maximum Gasteiger partial charge on any atom is 0.145 e. The molecule has 2 aromatic carbocycles. The highest BCUT2D eigenvalue weighted by molar-refractivity contribution is 9.09. The van der Waals surface area contributed by atoms with Gasteiger partial charge in [-0.15, -0.1) is 0 Å². The van der Waals surface area contributed by atoms with E-state index in [1.807, 2.05) is 36.4 Å². The number of aromatic nitrogens is 2. The molecule has 0 amide bonds. The van der Waals surface area contributed by atoms with Crippen molar-refractivity contribution in [1.29, 1.82) is 0 Å². The van der Waals surface area contributed by atoms with Crippen LogP contribution in [0, 0.1) is 0 Å². The first kappa shape index (κ1) is 13.3. The van der Waals surface area contributed by atoms with Crippen LogP contribution < -0.4 is 0 Å². The van der Waals surface area contributed by atoms with Gasteiger partial charge in [-0.1, -0.05) is 64.5 Å². The van der Waals surface area contributed by atoms with Crippen molar-refractivity contribution in [3.05, 3.63) is 60.4 Å². The Morgan fingerprint density at radius 2 is 1.50 bits per heavy atom. The molecule has 1 aromatic heterocycles. The number of rotatable bonds is 2. The summed E-state index contributed by atoms with van der Waals surface area (Å²) in [6.07, 6.45) is 0. The second-order valence-corrected chi connectivity index (χ2v) is 7.23. The molecule has 0 bridgehead atoms. The zero-order valence-electron chi connectivity index (χ0n) is 11.5. The Labute approximate surface area is 127 Å². The van der Waals surface area contributed by atoms with Crippen molar-refractivity contribution in [3.63, 3.8) is 0 Å². The summed E-state index contributed by atoms with van der Waals surface area (Å²) in [4.78, 5) is 9.46. The lowest BCUT2D eigenvalue weighted by Crippen LogP contribution is -2.13. The molecule has 3 rings (SSSR count). The maximum absolute atomic E-state index is 4.78. The average Bonchev–Trinajstić information content (AvgIpc) is 2.46. The fraction of sp³-hybridized carbons (Fsp3) is 0.176. The first-order valence-electron chi connectivity index (χ1n) is 6.57. The van der Waals surface area contributed by atoms with Gasteiger partial charge in [-0.25, -0.2) is 9.97 Å². The highest BCUT2D eigenvalue weighted by atomic mass is 79.9. The molecule has 20 heavy (non-hydrogen) atoms. The van der Waals surface area contributed by atoms with Crippen LogP contribution in [0.25, 0.3) is 22.2 Å². The SMILES string of the molecule is CC(C)(Br)c1nc(-c2ccccc2)c2ccccc2n1. The molecule has 0 saturated heterocycles. The van der Waals surface area contributed by atoms with E-state index < -0.39 is 0 Å². The first-order chi connectivity index (χ1) is 9.55. The molecule has 0 spiro atoms.